The molecule has 0 fully saturated rings. The van der Waals surface area contributed by atoms with Crippen molar-refractivity contribution in [2.45, 2.75) is 38.6 Å². The molecular weight excluding hydrogens is 214 g/mol. The highest BCUT2D eigenvalue weighted by Gasteiger charge is 2.15. The molecule has 1 aliphatic rings. The minimum absolute atomic E-state index is 0.812. The Balaban J connectivity index is 2.01. The maximum absolute atomic E-state index is 4.30. The molecule has 0 bridgehead atoms. The van der Waals surface area contributed by atoms with E-state index in [2.05, 4.69) is 24.7 Å². The summed E-state index contributed by atoms with van der Waals surface area (Å²) in [5.74, 6) is 1.94. The van der Waals surface area contributed by atoms with Gasteiger partial charge in [-0.1, -0.05) is 12.8 Å². The SMILES string of the molecule is c1cnc(-c2nnc3n2CCCCCC3)cn1. The zero-order valence-electron chi connectivity index (χ0n) is 9.71. The highest BCUT2D eigenvalue weighted by molar-refractivity contribution is 5.47. The largest absolute Gasteiger partial charge is 0.310 e. The molecule has 2 aromatic rings. The Morgan fingerprint density at radius 1 is 1.00 bits per heavy atom. The second kappa shape index (κ2) is 4.61. The number of aromatic nitrogens is 5. The van der Waals surface area contributed by atoms with Gasteiger partial charge in [0.15, 0.2) is 5.82 Å². The number of hydrogen-bond acceptors (Lipinski definition) is 4. The van der Waals surface area contributed by atoms with Crippen molar-refractivity contribution >= 4 is 0 Å². The smallest absolute Gasteiger partial charge is 0.184 e. The number of rotatable bonds is 1. The summed E-state index contributed by atoms with van der Waals surface area (Å²) in [7, 11) is 0. The van der Waals surface area contributed by atoms with Crippen molar-refractivity contribution in [3.05, 3.63) is 24.4 Å². The molecule has 0 unspecified atom stereocenters. The molecule has 0 saturated heterocycles. The van der Waals surface area contributed by atoms with E-state index < -0.39 is 0 Å². The standard InChI is InChI=1S/C12H15N5/c1-2-4-8-17-11(5-3-1)15-16-12(17)10-9-13-6-7-14-10/h6-7,9H,1-5,8H2. The first kappa shape index (κ1) is 10.4. The van der Waals surface area contributed by atoms with Crippen LogP contribution in [0.3, 0.4) is 0 Å². The van der Waals surface area contributed by atoms with Crippen LogP contribution in [0, 0.1) is 0 Å². The second-order valence-corrected chi connectivity index (χ2v) is 4.35. The lowest BCUT2D eigenvalue weighted by Crippen LogP contribution is -2.09. The monoisotopic (exact) mass is 229 g/mol. The fraction of sp³-hybridized carbons (Fsp3) is 0.500. The first-order valence-corrected chi connectivity index (χ1v) is 6.13. The highest BCUT2D eigenvalue weighted by atomic mass is 15.3. The molecule has 5 nitrogen and oxygen atoms in total. The third-order valence-corrected chi connectivity index (χ3v) is 3.15. The van der Waals surface area contributed by atoms with Gasteiger partial charge in [-0.2, -0.15) is 0 Å². The van der Waals surface area contributed by atoms with Crippen LogP contribution >= 0.6 is 0 Å². The first-order valence-electron chi connectivity index (χ1n) is 6.13. The molecule has 0 atom stereocenters. The van der Waals surface area contributed by atoms with Gasteiger partial charge in [0.05, 0.1) is 6.20 Å². The van der Waals surface area contributed by atoms with E-state index in [1.54, 1.807) is 18.6 Å². The Morgan fingerprint density at radius 2 is 1.94 bits per heavy atom. The van der Waals surface area contributed by atoms with Crippen molar-refractivity contribution in [3.63, 3.8) is 0 Å². The van der Waals surface area contributed by atoms with Crippen LogP contribution in [0.2, 0.25) is 0 Å². The molecule has 0 aromatic carbocycles. The summed E-state index contributed by atoms with van der Waals surface area (Å²) in [6.45, 7) is 0.994. The van der Waals surface area contributed by atoms with Gasteiger partial charge in [0.25, 0.3) is 0 Å². The first-order chi connectivity index (χ1) is 8.45. The lowest BCUT2D eigenvalue weighted by Gasteiger charge is -2.12. The van der Waals surface area contributed by atoms with E-state index in [-0.39, 0.29) is 0 Å². The summed E-state index contributed by atoms with van der Waals surface area (Å²) >= 11 is 0. The van der Waals surface area contributed by atoms with Crippen LogP contribution in [0.1, 0.15) is 31.5 Å². The molecule has 0 amide bonds. The summed E-state index contributed by atoms with van der Waals surface area (Å²) in [6, 6.07) is 0. The van der Waals surface area contributed by atoms with Crippen LogP contribution in [0.15, 0.2) is 18.6 Å². The Kier molecular flexibility index (Phi) is 2.81. The molecule has 3 rings (SSSR count). The van der Waals surface area contributed by atoms with Gasteiger partial charge in [-0.25, -0.2) is 4.98 Å². The maximum atomic E-state index is 4.30. The fourth-order valence-electron chi connectivity index (χ4n) is 2.27. The Morgan fingerprint density at radius 3 is 2.82 bits per heavy atom. The zero-order valence-corrected chi connectivity index (χ0v) is 9.71. The number of fused-ring (bicyclic) bond motifs is 1. The normalized spacial score (nSPS) is 16.0. The van der Waals surface area contributed by atoms with Crippen LogP contribution in [0.25, 0.3) is 11.5 Å². The van der Waals surface area contributed by atoms with Crippen molar-refractivity contribution in [2.24, 2.45) is 0 Å². The van der Waals surface area contributed by atoms with E-state index in [9.17, 15) is 0 Å². The third kappa shape index (κ3) is 2.05. The summed E-state index contributed by atoms with van der Waals surface area (Å²) in [5, 5.41) is 8.54. The summed E-state index contributed by atoms with van der Waals surface area (Å²) < 4.78 is 2.20. The van der Waals surface area contributed by atoms with Gasteiger partial charge < -0.3 is 4.57 Å². The van der Waals surface area contributed by atoms with Crippen LogP contribution in [0.5, 0.6) is 0 Å². The highest BCUT2D eigenvalue weighted by Crippen LogP contribution is 2.19. The Hall–Kier alpha value is -1.78. The van der Waals surface area contributed by atoms with Crippen LogP contribution in [0.4, 0.5) is 0 Å². The zero-order chi connectivity index (χ0) is 11.5. The molecule has 0 aliphatic carbocycles. The van der Waals surface area contributed by atoms with Crippen molar-refractivity contribution in [2.75, 3.05) is 0 Å². The van der Waals surface area contributed by atoms with E-state index in [1.165, 1.54) is 25.7 Å². The molecular formula is C12H15N5. The summed E-state index contributed by atoms with van der Waals surface area (Å²) in [5.41, 5.74) is 0.812. The Labute approximate surface area is 99.9 Å². The summed E-state index contributed by atoms with van der Waals surface area (Å²) in [6.07, 6.45) is 11.1. The van der Waals surface area contributed by atoms with E-state index in [0.29, 0.717) is 0 Å². The van der Waals surface area contributed by atoms with Gasteiger partial charge >= 0.3 is 0 Å². The van der Waals surface area contributed by atoms with Crippen molar-refractivity contribution in [1.82, 2.24) is 24.7 Å². The van der Waals surface area contributed by atoms with E-state index in [0.717, 1.165) is 30.3 Å². The minimum atomic E-state index is 0.812. The van der Waals surface area contributed by atoms with Crippen LogP contribution in [-0.4, -0.2) is 24.7 Å². The lowest BCUT2D eigenvalue weighted by molar-refractivity contribution is 0.518. The molecule has 0 radical (unpaired) electrons. The Bertz CT molecular complexity index is 491. The van der Waals surface area contributed by atoms with Crippen molar-refractivity contribution < 1.29 is 0 Å². The van der Waals surface area contributed by atoms with Gasteiger partial charge in [0.2, 0.25) is 0 Å². The van der Waals surface area contributed by atoms with Gasteiger partial charge in [0, 0.05) is 25.4 Å². The van der Waals surface area contributed by atoms with Crippen molar-refractivity contribution in [1.29, 1.82) is 0 Å². The van der Waals surface area contributed by atoms with Crippen LogP contribution < -0.4 is 0 Å². The molecule has 17 heavy (non-hydrogen) atoms. The number of hydrogen-bond donors (Lipinski definition) is 0. The maximum Gasteiger partial charge on any atom is 0.184 e. The number of aryl methyl sites for hydroxylation is 1. The summed E-state index contributed by atoms with van der Waals surface area (Å²) in [4.78, 5) is 8.39. The van der Waals surface area contributed by atoms with E-state index in [1.807, 2.05) is 0 Å². The molecule has 1 aliphatic heterocycles. The van der Waals surface area contributed by atoms with Gasteiger partial charge in [-0.15, -0.1) is 10.2 Å². The van der Waals surface area contributed by atoms with Crippen LogP contribution in [-0.2, 0) is 13.0 Å². The van der Waals surface area contributed by atoms with E-state index >= 15 is 0 Å². The molecule has 0 N–H and O–H groups in total. The van der Waals surface area contributed by atoms with Gasteiger partial charge in [-0.3, -0.25) is 4.98 Å². The van der Waals surface area contributed by atoms with Gasteiger partial charge in [-0.05, 0) is 12.8 Å². The molecule has 2 aromatic heterocycles. The third-order valence-electron chi connectivity index (χ3n) is 3.15. The molecule has 88 valence electrons. The quantitative estimate of drug-likeness (QED) is 0.748. The fourth-order valence-corrected chi connectivity index (χ4v) is 2.27. The second-order valence-electron chi connectivity index (χ2n) is 4.35. The number of nitrogens with zero attached hydrogens (tertiary/aromatic N) is 5. The van der Waals surface area contributed by atoms with Crippen molar-refractivity contribution in [3.8, 4) is 11.5 Å². The molecule has 3 heterocycles. The average Bonchev–Trinajstić information content (AvgIpc) is 2.72. The van der Waals surface area contributed by atoms with Gasteiger partial charge in [0.1, 0.15) is 11.5 Å². The predicted octanol–water partition coefficient (Wildman–Crippen LogP) is 1.85. The average molecular weight is 229 g/mol. The van der Waals surface area contributed by atoms with E-state index in [4.69, 9.17) is 0 Å². The topological polar surface area (TPSA) is 56.5 Å². The predicted molar refractivity (Wildman–Crippen MR) is 63.2 cm³/mol. The molecule has 0 spiro atoms. The molecule has 0 saturated carbocycles. The molecule has 5 heteroatoms. The minimum Gasteiger partial charge on any atom is -0.310 e. The lowest BCUT2D eigenvalue weighted by atomic mass is 10.1.